The molecule has 0 heteroatoms. The van der Waals surface area contributed by atoms with Crippen LogP contribution in [-0.4, -0.2) is 0 Å². The Bertz CT molecular complexity index is 8160. The van der Waals surface area contributed by atoms with E-state index in [1.165, 1.54) is 262 Å². The van der Waals surface area contributed by atoms with Gasteiger partial charge in [0.15, 0.2) is 0 Å². The highest BCUT2D eigenvalue weighted by molar-refractivity contribution is 6.27. The van der Waals surface area contributed by atoms with Crippen LogP contribution in [-0.2, 0) is 19.3 Å². The van der Waals surface area contributed by atoms with Crippen molar-refractivity contribution >= 4 is 162 Å². The van der Waals surface area contributed by atoms with E-state index >= 15 is 0 Å². The first-order valence-corrected chi connectivity index (χ1v) is 42.1. The molecule has 0 unspecified atom stereocenters. The lowest BCUT2D eigenvalue weighted by Gasteiger charge is -2.13. The van der Waals surface area contributed by atoms with Crippen LogP contribution >= 0.6 is 0 Å². The van der Waals surface area contributed by atoms with Gasteiger partial charge in [-0.15, -0.1) is 0 Å². The van der Waals surface area contributed by atoms with Crippen molar-refractivity contribution in [3.05, 3.63) is 443 Å². The van der Waals surface area contributed by atoms with E-state index in [1.54, 1.807) is 0 Å². The van der Waals surface area contributed by atoms with Crippen molar-refractivity contribution in [1.29, 1.82) is 0 Å². The van der Waals surface area contributed by atoms with Crippen LogP contribution in [0.5, 0.6) is 0 Å². The summed E-state index contributed by atoms with van der Waals surface area (Å²) in [5.41, 5.74) is 25.6. The number of hydrogen-bond donors (Lipinski definition) is 0. The summed E-state index contributed by atoms with van der Waals surface area (Å²) < 4.78 is 0. The summed E-state index contributed by atoms with van der Waals surface area (Å²) in [6.45, 7) is 13.2. The summed E-state index contributed by atoms with van der Waals surface area (Å²) in [6, 6.07) is 138. The van der Waals surface area contributed by atoms with Crippen molar-refractivity contribution in [2.75, 3.05) is 0 Å². The van der Waals surface area contributed by atoms with E-state index < -0.39 is 0 Å². The average Bonchev–Trinajstić information content (AvgIpc) is 1.60. The molecule has 0 N–H and O–H groups in total. The van der Waals surface area contributed by atoms with Crippen LogP contribution < -0.4 is 0 Å². The normalized spacial score (nSPS) is 12.2. The fraction of sp³-hybridized carbons (Fsp3) is 0.0756. The quantitative estimate of drug-likeness (QED) is 0.105. The first-order valence-electron chi connectivity index (χ1n) is 42.1. The van der Waals surface area contributed by atoms with Gasteiger partial charge < -0.3 is 0 Å². The zero-order valence-electron chi connectivity index (χ0n) is 67.9. The maximum absolute atomic E-state index is 2.38. The van der Waals surface area contributed by atoms with Crippen molar-refractivity contribution in [2.45, 2.75) is 60.8 Å². The Balaban J connectivity index is 0.0000000862. The summed E-state index contributed by atoms with van der Waals surface area (Å²) in [5.74, 6) is 0. The second-order valence-corrected chi connectivity index (χ2v) is 33.5. The molecule has 0 bridgehead atoms. The molecule has 0 nitrogen and oxygen atoms in total. The van der Waals surface area contributed by atoms with Gasteiger partial charge >= 0.3 is 0 Å². The van der Waals surface area contributed by atoms with Gasteiger partial charge in [-0.05, 0) is 329 Å². The third-order valence-corrected chi connectivity index (χ3v) is 26.3. The zero-order valence-corrected chi connectivity index (χ0v) is 67.9. The summed E-state index contributed by atoms with van der Waals surface area (Å²) >= 11 is 0. The van der Waals surface area contributed by atoms with Crippen molar-refractivity contribution in [3.63, 3.8) is 0 Å². The van der Waals surface area contributed by atoms with Gasteiger partial charge in [0.1, 0.15) is 0 Å². The summed E-state index contributed by atoms with van der Waals surface area (Å²) in [7, 11) is 0. The van der Waals surface area contributed by atoms with Gasteiger partial charge in [-0.3, -0.25) is 0 Å². The van der Waals surface area contributed by atoms with Gasteiger partial charge in [-0.2, -0.15) is 0 Å². The zero-order chi connectivity index (χ0) is 79.7. The topological polar surface area (TPSA) is 0 Å². The second-order valence-electron chi connectivity index (χ2n) is 33.5. The smallest absolute Gasteiger partial charge is 0.00129 e. The maximum Gasteiger partial charge on any atom is -0.00129 e. The van der Waals surface area contributed by atoms with E-state index in [-0.39, 0.29) is 0 Å². The first-order chi connectivity index (χ1) is 58.5. The Morgan fingerprint density at radius 3 is 1.18 bits per heavy atom. The van der Waals surface area contributed by atoms with E-state index in [9.17, 15) is 0 Å². The van der Waals surface area contributed by atoms with Crippen LogP contribution in [0.2, 0.25) is 0 Å². The predicted molar refractivity (Wildman–Crippen MR) is 517 cm³/mol. The Hall–Kier alpha value is -14.3. The summed E-state index contributed by atoms with van der Waals surface area (Å²) in [5, 5.41) is 41.0. The fourth-order valence-electron chi connectivity index (χ4n) is 20.9. The van der Waals surface area contributed by atoms with Crippen molar-refractivity contribution < 1.29 is 0 Å². The average molecular weight is 1520 g/mol. The summed E-state index contributed by atoms with van der Waals surface area (Å²) in [4.78, 5) is 0. The van der Waals surface area contributed by atoms with Crippen LogP contribution in [0.3, 0.4) is 0 Å². The third kappa shape index (κ3) is 12.0. The Labute approximate surface area is 693 Å². The molecule has 0 amide bonds. The third-order valence-electron chi connectivity index (χ3n) is 26.3. The van der Waals surface area contributed by atoms with Gasteiger partial charge in [0, 0.05) is 0 Å². The highest BCUT2D eigenvalue weighted by Gasteiger charge is 2.26. The highest BCUT2D eigenvalue weighted by atomic mass is 14.3. The van der Waals surface area contributed by atoms with Gasteiger partial charge in [-0.1, -0.05) is 370 Å². The lowest BCUT2D eigenvalue weighted by Crippen LogP contribution is -1.88. The first kappa shape index (κ1) is 71.3. The van der Waals surface area contributed by atoms with Gasteiger partial charge in [0.05, 0.1) is 0 Å². The molecular weight excluding hydrogens is 1430 g/mol. The molecule has 0 atom stereocenters. The van der Waals surface area contributed by atoms with E-state index in [0.29, 0.717) is 0 Å². The molecule has 0 saturated carbocycles. The lowest BCUT2D eigenvalue weighted by molar-refractivity contribution is 1.26. The van der Waals surface area contributed by atoms with E-state index in [4.69, 9.17) is 0 Å². The Kier molecular flexibility index (Phi) is 17.3. The van der Waals surface area contributed by atoms with E-state index in [0.717, 1.165) is 19.3 Å². The molecule has 119 heavy (non-hydrogen) atoms. The van der Waals surface area contributed by atoms with Crippen molar-refractivity contribution in [3.8, 4) is 33.4 Å². The molecule has 27 rings (SSSR count). The van der Waals surface area contributed by atoms with Gasteiger partial charge in [-0.25, -0.2) is 0 Å². The maximum atomic E-state index is 2.38. The SMILES string of the molecule is Cc1c2ccccc2cc2c3c(ccc12)Cc1ccccc1-3.Cc1c2ccccc2cc2ccc3c(c12)-c1ccccc1C3.Cc1cc2c(c3ccccc13)-c1c(ccc3ccccc13)C2.Cc1cc2ccc3cccc4ccc(c1)c2c34.Cc1ccc2c3ccccc3c3ccccc3c2c1.Cc1ccc2ccc3cccc4ccc1c2c34. The van der Waals surface area contributed by atoms with E-state index in [2.05, 4.69) is 418 Å². The van der Waals surface area contributed by atoms with Gasteiger partial charge in [0.25, 0.3) is 0 Å². The minimum Gasteiger partial charge on any atom is -0.0619 e. The van der Waals surface area contributed by atoms with E-state index in [1.807, 2.05) is 0 Å². The monoisotopic (exact) mass is 1510 g/mol. The molecular formula is C119H86. The second kappa shape index (κ2) is 28.9. The standard InChI is InChI=1S/3C22H16.C19H14.2C17H12/c1-14-18-8-4-2-7-16(18)13-21-19(14)11-10-17-12-15-6-3-5-9-20(15)22(17)21;1-14-19-8-4-2-6-15(19)12-17-10-11-18-13-16-7-3-5-9-20(16)22(18)21(14)17;1-14-12-17-13-16-11-10-15-6-2-3-8-19(15)21(16)22(17)20-9-5-4-7-18(14)20;1-13-10-11-18-16-8-3-2-6-14(16)15-7-4-5-9-17(15)19(18)12-13;1-11-9-14-7-5-12-3-2-4-13-6-8-15(10-11)17(14)16(12)13;1-11-5-6-14-8-7-12-3-2-4-13-9-10-15(11)17(14)16(12)13/h2-11,13H,12H2,1H3;2*2-12H,13H2,1H3;2-12H,1H3;2*2-10H,1H3. The predicted octanol–water partition coefficient (Wildman–Crippen LogP) is 32.9. The molecule has 0 spiro atoms. The van der Waals surface area contributed by atoms with Crippen LogP contribution in [0.4, 0.5) is 0 Å². The van der Waals surface area contributed by atoms with Gasteiger partial charge in [0.2, 0.25) is 0 Å². The largest absolute Gasteiger partial charge is 0.0619 e. The van der Waals surface area contributed by atoms with Crippen molar-refractivity contribution in [1.82, 2.24) is 0 Å². The molecule has 0 heterocycles. The molecule has 0 saturated heterocycles. The lowest BCUT2D eigenvalue weighted by atomic mass is 9.91. The molecule has 0 radical (unpaired) electrons. The highest BCUT2D eigenvalue weighted by Crippen LogP contribution is 2.49. The fourth-order valence-corrected chi connectivity index (χ4v) is 20.9. The number of benzene rings is 24. The Morgan fingerprint density at radius 1 is 0.151 bits per heavy atom. The number of fused-ring (bicyclic) bond motifs is 25. The summed E-state index contributed by atoms with van der Waals surface area (Å²) in [6.07, 6.45) is 3.18. The molecule has 0 aromatic heterocycles. The van der Waals surface area contributed by atoms with Crippen LogP contribution in [0.15, 0.2) is 376 Å². The molecule has 3 aliphatic carbocycles. The van der Waals surface area contributed by atoms with Crippen LogP contribution in [0, 0.1) is 41.5 Å². The minimum atomic E-state index is 1.06. The molecule has 3 aliphatic rings. The molecule has 24 aromatic carbocycles. The Morgan fingerprint density at radius 2 is 0.538 bits per heavy atom. The number of rotatable bonds is 0. The van der Waals surface area contributed by atoms with Crippen LogP contribution in [0.25, 0.3) is 195 Å². The van der Waals surface area contributed by atoms with Crippen LogP contribution in [0.1, 0.15) is 66.8 Å². The van der Waals surface area contributed by atoms with Crippen molar-refractivity contribution in [2.24, 2.45) is 0 Å². The number of hydrogen-bond acceptors (Lipinski definition) is 0. The number of aryl methyl sites for hydroxylation is 6. The molecule has 562 valence electrons. The molecule has 24 aromatic rings. The molecule has 0 aliphatic heterocycles. The molecule has 0 fully saturated rings. The minimum absolute atomic E-state index is 1.06.